The fraction of sp³-hybridized carbons (Fsp3) is 0.536. The fourth-order valence-corrected chi connectivity index (χ4v) is 6.98. The monoisotopic (exact) mass is 651 g/mol. The Morgan fingerprint density at radius 2 is 1.88 bits per heavy atom. The number of nitrogens with zero attached hydrogens (tertiary/aromatic N) is 6. The third kappa shape index (κ3) is 6.97. The van der Waals surface area contributed by atoms with E-state index < -0.39 is 5.97 Å². The number of piperidine rings is 1. The van der Waals surface area contributed by atoms with Crippen molar-refractivity contribution in [3.63, 3.8) is 0 Å². The maximum Gasteiger partial charge on any atom is 0.348 e. The first kappa shape index (κ1) is 31.6. The number of β-amino-alcohol motifs (C(OH)–C–C–N with tert-alkyl or cyclic N) is 1. The van der Waals surface area contributed by atoms with E-state index in [4.69, 9.17) is 38.0 Å². The highest BCUT2D eigenvalue weighted by Crippen LogP contribution is 2.37. The number of ether oxygens (including phenoxy) is 1. The van der Waals surface area contributed by atoms with Crippen LogP contribution in [0.5, 0.6) is 0 Å². The number of aliphatic hydroxyl groups is 1. The first-order chi connectivity index (χ1) is 20.7. The molecule has 0 radical (unpaired) electrons. The standard InChI is InChI=1S/C28H35Cl2N7O5S/c1-3-42-20-15-37(5-4-17(20)12-19(39)25-23(30)22(29)16(2)33-25)28-34-24(26(43-28)27(40)41)18-13-32-21(14-31-18)36-8-6-35(7-9-36)10-11-38/h13-14,17,20,33,38H,3-12,15H2,1-2H3,(H,40,41)/t17-,20-/m0/s1. The Kier molecular flexibility index (Phi) is 10.2. The molecule has 12 nitrogen and oxygen atoms in total. The molecule has 43 heavy (non-hydrogen) atoms. The van der Waals surface area contributed by atoms with Crippen LogP contribution in [0.4, 0.5) is 10.9 Å². The second-order valence-electron chi connectivity index (χ2n) is 10.7. The first-order valence-corrected chi connectivity index (χ1v) is 15.8. The lowest BCUT2D eigenvalue weighted by atomic mass is 9.88. The summed E-state index contributed by atoms with van der Waals surface area (Å²) in [6, 6.07) is 0. The predicted molar refractivity (Wildman–Crippen MR) is 166 cm³/mol. The van der Waals surface area contributed by atoms with E-state index in [-0.39, 0.29) is 46.4 Å². The molecule has 2 aliphatic rings. The number of nitrogens with one attached hydrogen (secondary N) is 1. The predicted octanol–water partition coefficient (Wildman–Crippen LogP) is 3.86. The van der Waals surface area contributed by atoms with Crippen molar-refractivity contribution in [1.82, 2.24) is 24.8 Å². The highest BCUT2D eigenvalue weighted by atomic mass is 35.5. The number of hydrogen-bond donors (Lipinski definition) is 3. The number of carbonyl (C=O) groups is 2. The molecule has 0 aliphatic carbocycles. The van der Waals surface area contributed by atoms with Crippen LogP contribution < -0.4 is 9.80 Å². The van der Waals surface area contributed by atoms with Gasteiger partial charge in [0.1, 0.15) is 27.8 Å². The highest BCUT2D eigenvalue weighted by molar-refractivity contribution is 7.17. The minimum atomic E-state index is -1.08. The molecule has 0 saturated carbocycles. The summed E-state index contributed by atoms with van der Waals surface area (Å²) in [5.41, 5.74) is 1.63. The summed E-state index contributed by atoms with van der Waals surface area (Å²) in [7, 11) is 0. The van der Waals surface area contributed by atoms with Crippen LogP contribution in [0.1, 0.15) is 45.6 Å². The van der Waals surface area contributed by atoms with Gasteiger partial charge in [-0.3, -0.25) is 9.69 Å². The second-order valence-corrected chi connectivity index (χ2v) is 12.4. The van der Waals surface area contributed by atoms with E-state index in [1.54, 1.807) is 19.3 Å². The summed E-state index contributed by atoms with van der Waals surface area (Å²) in [6.45, 7) is 9.16. The number of thiazole rings is 1. The first-order valence-electron chi connectivity index (χ1n) is 14.3. The van der Waals surface area contributed by atoms with Gasteiger partial charge < -0.3 is 29.7 Å². The minimum absolute atomic E-state index is 0.0514. The molecule has 0 aromatic carbocycles. The van der Waals surface area contributed by atoms with Crippen molar-refractivity contribution < 1.29 is 24.5 Å². The van der Waals surface area contributed by atoms with Crippen LogP contribution in [-0.2, 0) is 4.74 Å². The van der Waals surface area contributed by atoms with E-state index in [1.807, 2.05) is 11.8 Å². The molecule has 2 aliphatic heterocycles. The van der Waals surface area contributed by atoms with Gasteiger partial charge in [0.25, 0.3) is 0 Å². The maximum atomic E-state index is 13.1. The van der Waals surface area contributed by atoms with Crippen LogP contribution >= 0.6 is 34.5 Å². The van der Waals surface area contributed by atoms with E-state index in [1.165, 1.54) is 0 Å². The number of halogens is 2. The molecular weight excluding hydrogens is 617 g/mol. The van der Waals surface area contributed by atoms with E-state index in [0.29, 0.717) is 65.7 Å². The number of aromatic carboxylic acids is 1. The molecule has 3 aromatic rings. The van der Waals surface area contributed by atoms with Gasteiger partial charge in [-0.1, -0.05) is 34.5 Å². The van der Waals surface area contributed by atoms with Gasteiger partial charge in [0.2, 0.25) is 0 Å². The number of carboxylic acid groups (broad SMARTS) is 1. The summed E-state index contributed by atoms with van der Waals surface area (Å²) in [4.78, 5) is 48.5. The smallest absolute Gasteiger partial charge is 0.348 e. The summed E-state index contributed by atoms with van der Waals surface area (Å²) in [5, 5.41) is 20.3. The van der Waals surface area contributed by atoms with Gasteiger partial charge in [-0.25, -0.2) is 19.7 Å². The van der Waals surface area contributed by atoms with Crippen LogP contribution in [-0.4, -0.2) is 112 Å². The minimum Gasteiger partial charge on any atom is -0.477 e. The molecule has 0 bridgehead atoms. The van der Waals surface area contributed by atoms with Gasteiger partial charge in [0.05, 0.1) is 35.1 Å². The molecule has 5 rings (SSSR count). The average Bonchev–Trinajstić information content (AvgIpc) is 3.57. The van der Waals surface area contributed by atoms with Gasteiger partial charge in [0.15, 0.2) is 10.9 Å². The molecule has 2 atom stereocenters. The number of hydrogen-bond acceptors (Lipinski definition) is 11. The topological polar surface area (TPSA) is 148 Å². The van der Waals surface area contributed by atoms with Crippen LogP contribution in [0.25, 0.3) is 11.4 Å². The Morgan fingerprint density at radius 1 is 1.12 bits per heavy atom. The third-order valence-corrected chi connectivity index (χ3v) is 9.98. The Balaban J connectivity index is 1.29. The third-order valence-electron chi connectivity index (χ3n) is 7.93. The summed E-state index contributed by atoms with van der Waals surface area (Å²) < 4.78 is 6.06. The van der Waals surface area contributed by atoms with Gasteiger partial charge in [-0.05, 0) is 26.2 Å². The quantitative estimate of drug-likeness (QED) is 0.260. The van der Waals surface area contributed by atoms with Crippen molar-refractivity contribution in [2.24, 2.45) is 5.92 Å². The number of aryl methyl sites for hydroxylation is 1. The zero-order valence-corrected chi connectivity index (χ0v) is 26.4. The number of aliphatic hydroxyl groups excluding tert-OH is 1. The van der Waals surface area contributed by atoms with Gasteiger partial charge in [0, 0.05) is 64.5 Å². The summed E-state index contributed by atoms with van der Waals surface area (Å²) in [6.07, 6.45) is 3.86. The molecule has 5 heterocycles. The molecular formula is C28H35Cl2N7O5S. The number of aromatic amines is 1. The van der Waals surface area contributed by atoms with E-state index in [0.717, 1.165) is 37.5 Å². The number of rotatable bonds is 11. The molecule has 3 N–H and O–H groups in total. The largest absolute Gasteiger partial charge is 0.477 e. The Morgan fingerprint density at radius 3 is 2.49 bits per heavy atom. The van der Waals surface area contributed by atoms with Gasteiger partial charge in [-0.2, -0.15) is 0 Å². The molecule has 2 fully saturated rings. The molecule has 3 aromatic heterocycles. The number of anilines is 2. The van der Waals surface area contributed by atoms with Crippen molar-refractivity contribution >= 4 is 57.2 Å². The van der Waals surface area contributed by atoms with Crippen LogP contribution in [0.3, 0.4) is 0 Å². The summed E-state index contributed by atoms with van der Waals surface area (Å²) >= 11 is 13.6. The van der Waals surface area contributed by atoms with Crippen LogP contribution in [0.15, 0.2) is 12.4 Å². The van der Waals surface area contributed by atoms with Crippen molar-refractivity contribution in [2.75, 3.05) is 68.8 Å². The van der Waals surface area contributed by atoms with Gasteiger partial charge in [-0.15, -0.1) is 0 Å². The van der Waals surface area contributed by atoms with Gasteiger partial charge >= 0.3 is 5.97 Å². The second kappa shape index (κ2) is 13.9. The molecule has 0 amide bonds. The number of H-pyrrole nitrogens is 1. The lowest BCUT2D eigenvalue weighted by Crippen LogP contribution is -2.47. The normalized spacial score (nSPS) is 19.7. The van der Waals surface area contributed by atoms with E-state index in [9.17, 15) is 14.7 Å². The molecule has 15 heteroatoms. The molecule has 232 valence electrons. The zero-order chi connectivity index (χ0) is 30.7. The van der Waals surface area contributed by atoms with Crippen molar-refractivity contribution in [3.8, 4) is 11.4 Å². The fourth-order valence-electron chi connectivity index (χ4n) is 5.59. The van der Waals surface area contributed by atoms with E-state index >= 15 is 0 Å². The summed E-state index contributed by atoms with van der Waals surface area (Å²) in [5.74, 6) is -0.538. The van der Waals surface area contributed by atoms with Crippen LogP contribution in [0, 0.1) is 12.8 Å². The Labute approximate surface area is 263 Å². The Bertz CT molecular complexity index is 1440. The lowest BCUT2D eigenvalue weighted by molar-refractivity contribution is 0.0103. The van der Waals surface area contributed by atoms with Crippen LogP contribution in [0.2, 0.25) is 10.0 Å². The van der Waals surface area contributed by atoms with E-state index in [2.05, 4.69) is 24.8 Å². The van der Waals surface area contributed by atoms with Crippen molar-refractivity contribution in [1.29, 1.82) is 0 Å². The average molecular weight is 653 g/mol. The zero-order valence-electron chi connectivity index (χ0n) is 24.1. The number of carbonyl (C=O) groups excluding carboxylic acids is 1. The van der Waals surface area contributed by atoms with Crippen molar-refractivity contribution in [2.45, 2.75) is 32.8 Å². The Hall–Kier alpha value is -2.81. The lowest BCUT2D eigenvalue weighted by Gasteiger charge is -2.38. The molecule has 2 saturated heterocycles. The number of aromatic nitrogens is 4. The number of carboxylic acids is 1. The van der Waals surface area contributed by atoms with Crippen molar-refractivity contribution in [3.05, 3.63) is 38.7 Å². The molecule has 0 unspecified atom stereocenters. The number of piperazine rings is 1. The number of Topliss-reactive ketones (excluding diaryl/α,β-unsaturated/α-hetero) is 1. The number of ketones is 1. The highest BCUT2D eigenvalue weighted by Gasteiger charge is 2.35. The SMILES string of the molecule is CCO[C@H]1CN(c2nc(-c3cnc(N4CCN(CCO)CC4)cn3)c(C(=O)O)s2)CC[C@H]1CC(=O)c1[nH]c(C)c(Cl)c1Cl. The molecule has 0 spiro atoms. The maximum absolute atomic E-state index is 13.1.